The molecule has 1 aliphatic heterocycles. The summed E-state index contributed by atoms with van der Waals surface area (Å²) < 4.78 is 7.28. The SMILES string of the molecule is COc1cccc(CNCC[C@@H]2CCC(=O)N2Cc2cn3ccsc3n2)c1. The van der Waals surface area contributed by atoms with E-state index in [4.69, 9.17) is 4.74 Å². The molecular weight excluding hydrogens is 360 g/mol. The maximum atomic E-state index is 12.3. The van der Waals surface area contributed by atoms with E-state index in [1.165, 1.54) is 5.56 Å². The number of hydrogen-bond donors (Lipinski definition) is 1. The van der Waals surface area contributed by atoms with E-state index in [1.54, 1.807) is 18.4 Å². The largest absolute Gasteiger partial charge is 0.497 e. The lowest BCUT2D eigenvalue weighted by molar-refractivity contribution is -0.129. The minimum Gasteiger partial charge on any atom is -0.497 e. The number of aromatic nitrogens is 2. The predicted octanol–water partition coefficient (Wildman–Crippen LogP) is 3.08. The molecule has 0 spiro atoms. The number of fused-ring (bicyclic) bond motifs is 1. The van der Waals surface area contributed by atoms with Gasteiger partial charge < -0.3 is 15.0 Å². The quantitative estimate of drug-likeness (QED) is 0.607. The van der Waals surface area contributed by atoms with Crippen molar-refractivity contribution in [3.8, 4) is 5.75 Å². The van der Waals surface area contributed by atoms with Crippen LogP contribution in [-0.4, -0.2) is 39.9 Å². The Hall–Kier alpha value is -2.38. The third kappa shape index (κ3) is 4.14. The number of likely N-dealkylation sites (tertiary alicyclic amines) is 1. The van der Waals surface area contributed by atoms with Crippen LogP contribution in [0.1, 0.15) is 30.5 Å². The smallest absolute Gasteiger partial charge is 0.223 e. The van der Waals surface area contributed by atoms with Crippen molar-refractivity contribution < 1.29 is 9.53 Å². The summed E-state index contributed by atoms with van der Waals surface area (Å²) in [5, 5.41) is 5.50. The molecule has 4 rings (SSSR count). The highest BCUT2D eigenvalue weighted by atomic mass is 32.1. The molecule has 1 atom stereocenters. The third-order valence-corrected chi connectivity index (χ3v) is 5.82. The van der Waals surface area contributed by atoms with Gasteiger partial charge >= 0.3 is 0 Å². The molecule has 6 nitrogen and oxygen atoms in total. The molecule has 1 aromatic carbocycles. The van der Waals surface area contributed by atoms with Crippen molar-refractivity contribution in [2.75, 3.05) is 13.7 Å². The van der Waals surface area contributed by atoms with Crippen molar-refractivity contribution in [2.45, 2.75) is 38.4 Å². The second-order valence-electron chi connectivity index (χ2n) is 6.86. The van der Waals surface area contributed by atoms with E-state index in [1.807, 2.05) is 45.3 Å². The van der Waals surface area contributed by atoms with Gasteiger partial charge in [0.2, 0.25) is 5.91 Å². The first kappa shape index (κ1) is 18.0. The number of nitrogens with one attached hydrogen (secondary N) is 1. The van der Waals surface area contributed by atoms with E-state index < -0.39 is 0 Å². The van der Waals surface area contributed by atoms with E-state index in [0.717, 1.165) is 42.3 Å². The summed E-state index contributed by atoms with van der Waals surface area (Å²) in [6, 6.07) is 8.37. The highest BCUT2D eigenvalue weighted by Gasteiger charge is 2.30. The van der Waals surface area contributed by atoms with Crippen molar-refractivity contribution in [1.82, 2.24) is 19.6 Å². The van der Waals surface area contributed by atoms with Crippen LogP contribution in [0.2, 0.25) is 0 Å². The van der Waals surface area contributed by atoms with Crippen molar-refractivity contribution in [1.29, 1.82) is 0 Å². The zero-order chi connectivity index (χ0) is 18.6. The summed E-state index contributed by atoms with van der Waals surface area (Å²) in [5.74, 6) is 1.12. The van der Waals surface area contributed by atoms with Gasteiger partial charge in [-0.25, -0.2) is 4.98 Å². The zero-order valence-corrected chi connectivity index (χ0v) is 16.2. The first-order valence-electron chi connectivity index (χ1n) is 9.27. The number of carbonyl (C=O) groups is 1. The Labute approximate surface area is 162 Å². The maximum Gasteiger partial charge on any atom is 0.223 e. The second kappa shape index (κ2) is 8.10. The Bertz CT molecular complexity index is 891. The number of benzene rings is 1. The Morgan fingerprint density at radius 1 is 1.41 bits per heavy atom. The Balaban J connectivity index is 1.29. The summed E-state index contributed by atoms with van der Waals surface area (Å²) in [4.78, 5) is 19.9. The molecular formula is C20H24N4O2S. The van der Waals surface area contributed by atoms with Gasteiger partial charge in [-0.2, -0.15) is 0 Å². The van der Waals surface area contributed by atoms with Crippen LogP contribution in [0.5, 0.6) is 5.75 Å². The van der Waals surface area contributed by atoms with Gasteiger partial charge in [-0.05, 0) is 37.1 Å². The van der Waals surface area contributed by atoms with Crippen LogP contribution in [-0.2, 0) is 17.9 Å². The molecule has 0 aliphatic carbocycles. The molecule has 1 fully saturated rings. The molecule has 142 valence electrons. The van der Waals surface area contributed by atoms with Gasteiger partial charge in [0.25, 0.3) is 0 Å². The van der Waals surface area contributed by atoms with Crippen molar-refractivity contribution in [3.63, 3.8) is 0 Å². The summed E-state index contributed by atoms with van der Waals surface area (Å²) in [7, 11) is 1.68. The van der Waals surface area contributed by atoms with Gasteiger partial charge in [0.1, 0.15) is 5.75 Å². The molecule has 3 heterocycles. The molecule has 27 heavy (non-hydrogen) atoms. The summed E-state index contributed by atoms with van der Waals surface area (Å²) in [5.41, 5.74) is 2.17. The molecule has 1 N–H and O–H groups in total. The fourth-order valence-electron chi connectivity index (χ4n) is 3.62. The number of rotatable bonds is 8. The molecule has 0 saturated carbocycles. The first-order valence-corrected chi connectivity index (χ1v) is 10.1. The zero-order valence-electron chi connectivity index (χ0n) is 15.4. The van der Waals surface area contributed by atoms with E-state index in [0.29, 0.717) is 13.0 Å². The monoisotopic (exact) mass is 384 g/mol. The number of ether oxygens (including phenoxy) is 1. The Morgan fingerprint density at radius 2 is 2.33 bits per heavy atom. The topological polar surface area (TPSA) is 58.9 Å². The lowest BCUT2D eigenvalue weighted by atomic mass is 10.1. The van der Waals surface area contributed by atoms with Crippen LogP contribution < -0.4 is 10.1 Å². The Morgan fingerprint density at radius 3 is 3.19 bits per heavy atom. The van der Waals surface area contributed by atoms with Crippen LogP contribution in [0.3, 0.4) is 0 Å². The van der Waals surface area contributed by atoms with Crippen LogP contribution in [0.15, 0.2) is 42.0 Å². The maximum absolute atomic E-state index is 12.3. The van der Waals surface area contributed by atoms with Gasteiger partial charge in [-0.1, -0.05) is 12.1 Å². The number of imidazole rings is 1. The van der Waals surface area contributed by atoms with Crippen molar-refractivity contribution in [2.24, 2.45) is 0 Å². The number of hydrogen-bond acceptors (Lipinski definition) is 5. The van der Waals surface area contributed by atoms with Gasteiger partial charge in [0.15, 0.2) is 4.96 Å². The standard InChI is InChI=1S/C20H24N4O2S/c1-26-18-4-2-3-15(11-18)12-21-8-7-17-5-6-19(25)24(17)14-16-13-23-9-10-27-20(23)22-16/h2-4,9-11,13,17,21H,5-8,12,14H2,1H3/t17-/m0/s1. The molecule has 2 aromatic heterocycles. The van der Waals surface area contributed by atoms with E-state index in [9.17, 15) is 4.79 Å². The lowest BCUT2D eigenvalue weighted by Crippen LogP contribution is -2.34. The molecule has 0 unspecified atom stereocenters. The van der Waals surface area contributed by atoms with Gasteiger partial charge in [0, 0.05) is 36.8 Å². The minimum atomic E-state index is 0.240. The van der Waals surface area contributed by atoms with Gasteiger partial charge in [-0.3, -0.25) is 9.20 Å². The molecule has 0 bridgehead atoms. The number of methoxy groups -OCH3 is 1. The van der Waals surface area contributed by atoms with Crippen LogP contribution in [0, 0.1) is 0 Å². The second-order valence-corrected chi connectivity index (χ2v) is 7.73. The molecule has 1 saturated heterocycles. The van der Waals surface area contributed by atoms with Crippen LogP contribution in [0.4, 0.5) is 0 Å². The summed E-state index contributed by atoms with van der Waals surface area (Å²) in [6.07, 6.45) is 6.56. The number of amides is 1. The average Bonchev–Trinajstić information content (AvgIpc) is 3.36. The Kier molecular flexibility index (Phi) is 5.40. The summed E-state index contributed by atoms with van der Waals surface area (Å²) >= 11 is 1.61. The number of carbonyl (C=O) groups excluding carboxylic acids is 1. The average molecular weight is 385 g/mol. The molecule has 7 heteroatoms. The first-order chi connectivity index (χ1) is 13.2. The number of thiazole rings is 1. The lowest BCUT2D eigenvalue weighted by Gasteiger charge is -2.24. The highest BCUT2D eigenvalue weighted by Crippen LogP contribution is 2.24. The fraction of sp³-hybridized carbons (Fsp3) is 0.400. The van der Waals surface area contributed by atoms with Crippen molar-refractivity contribution >= 4 is 22.2 Å². The van der Waals surface area contributed by atoms with Crippen molar-refractivity contribution in [3.05, 3.63) is 53.3 Å². The fourth-order valence-corrected chi connectivity index (χ4v) is 4.34. The molecule has 0 radical (unpaired) electrons. The number of nitrogens with zero attached hydrogens (tertiary/aromatic N) is 3. The van der Waals surface area contributed by atoms with Gasteiger partial charge in [-0.15, -0.1) is 11.3 Å². The third-order valence-electron chi connectivity index (χ3n) is 5.05. The highest BCUT2D eigenvalue weighted by molar-refractivity contribution is 7.15. The van der Waals surface area contributed by atoms with E-state index in [2.05, 4.69) is 16.4 Å². The van der Waals surface area contributed by atoms with Crippen LogP contribution >= 0.6 is 11.3 Å². The molecule has 3 aromatic rings. The normalized spacial score (nSPS) is 17.1. The predicted molar refractivity (Wildman–Crippen MR) is 106 cm³/mol. The van der Waals surface area contributed by atoms with Gasteiger partial charge in [0.05, 0.1) is 19.3 Å². The van der Waals surface area contributed by atoms with Crippen LogP contribution in [0.25, 0.3) is 4.96 Å². The van der Waals surface area contributed by atoms with E-state index in [-0.39, 0.29) is 11.9 Å². The van der Waals surface area contributed by atoms with E-state index >= 15 is 0 Å². The molecule has 1 amide bonds. The summed E-state index contributed by atoms with van der Waals surface area (Å²) in [6.45, 7) is 2.28. The molecule has 1 aliphatic rings. The minimum absolute atomic E-state index is 0.240.